The molecule has 0 aromatic heterocycles. The third-order valence-corrected chi connectivity index (χ3v) is 3.72. The van der Waals surface area contributed by atoms with E-state index in [1.54, 1.807) is 0 Å². The second-order valence-corrected chi connectivity index (χ2v) is 5.51. The van der Waals surface area contributed by atoms with E-state index in [-0.39, 0.29) is 0 Å². The van der Waals surface area contributed by atoms with Gasteiger partial charge in [-0.05, 0) is 45.0 Å². The Hall–Kier alpha value is -1.55. The SMILES string of the molecule is Cc1ccc(NC(N)=NCCN2CCCCCC2)cc1. The van der Waals surface area contributed by atoms with E-state index in [4.69, 9.17) is 5.73 Å². The van der Waals surface area contributed by atoms with E-state index in [1.807, 2.05) is 12.1 Å². The molecule has 0 radical (unpaired) electrons. The average molecular weight is 274 g/mol. The van der Waals surface area contributed by atoms with E-state index in [0.29, 0.717) is 5.96 Å². The highest BCUT2D eigenvalue weighted by Gasteiger charge is 2.07. The number of hydrogen-bond donors (Lipinski definition) is 2. The molecule has 0 unspecified atom stereocenters. The minimum Gasteiger partial charge on any atom is -0.370 e. The Morgan fingerprint density at radius 2 is 1.80 bits per heavy atom. The van der Waals surface area contributed by atoms with E-state index < -0.39 is 0 Å². The molecule has 2 rings (SSSR count). The molecule has 110 valence electrons. The predicted octanol–water partition coefficient (Wildman–Crippen LogP) is 2.60. The first-order valence-corrected chi connectivity index (χ1v) is 7.60. The zero-order valence-electron chi connectivity index (χ0n) is 12.4. The lowest BCUT2D eigenvalue weighted by Gasteiger charge is -2.18. The first kappa shape index (κ1) is 14.9. The topological polar surface area (TPSA) is 53.6 Å². The van der Waals surface area contributed by atoms with Gasteiger partial charge in [-0.25, -0.2) is 0 Å². The van der Waals surface area contributed by atoms with Crippen LogP contribution >= 0.6 is 0 Å². The summed E-state index contributed by atoms with van der Waals surface area (Å²) in [4.78, 5) is 6.90. The molecular weight excluding hydrogens is 248 g/mol. The van der Waals surface area contributed by atoms with Crippen LogP contribution in [0.3, 0.4) is 0 Å². The number of nitrogens with zero attached hydrogens (tertiary/aromatic N) is 2. The van der Waals surface area contributed by atoms with Crippen molar-refractivity contribution in [1.29, 1.82) is 0 Å². The van der Waals surface area contributed by atoms with Gasteiger partial charge >= 0.3 is 0 Å². The van der Waals surface area contributed by atoms with Crippen LogP contribution in [-0.2, 0) is 0 Å². The molecule has 0 atom stereocenters. The van der Waals surface area contributed by atoms with Gasteiger partial charge in [0.2, 0.25) is 0 Å². The highest BCUT2D eigenvalue weighted by atomic mass is 15.1. The molecule has 4 heteroatoms. The number of nitrogens with two attached hydrogens (primary N) is 1. The van der Waals surface area contributed by atoms with Crippen molar-refractivity contribution >= 4 is 11.6 Å². The van der Waals surface area contributed by atoms with Gasteiger partial charge in [-0.2, -0.15) is 0 Å². The van der Waals surface area contributed by atoms with Gasteiger partial charge in [-0.15, -0.1) is 0 Å². The zero-order chi connectivity index (χ0) is 14.2. The molecule has 1 aliphatic rings. The monoisotopic (exact) mass is 274 g/mol. The fraction of sp³-hybridized carbons (Fsp3) is 0.562. The van der Waals surface area contributed by atoms with Crippen LogP contribution in [0.15, 0.2) is 29.3 Å². The first-order valence-electron chi connectivity index (χ1n) is 7.60. The standard InChI is InChI=1S/C16H26N4/c1-14-6-8-15(9-7-14)19-16(17)18-10-13-20-11-4-2-3-5-12-20/h6-9H,2-5,10-13H2,1H3,(H3,17,18,19). The maximum Gasteiger partial charge on any atom is 0.193 e. The van der Waals surface area contributed by atoms with Crippen LogP contribution in [-0.4, -0.2) is 37.0 Å². The lowest BCUT2D eigenvalue weighted by atomic mass is 10.2. The second-order valence-electron chi connectivity index (χ2n) is 5.51. The molecule has 1 heterocycles. The van der Waals surface area contributed by atoms with Gasteiger partial charge < -0.3 is 16.0 Å². The number of guanidine groups is 1. The number of hydrogen-bond acceptors (Lipinski definition) is 2. The summed E-state index contributed by atoms with van der Waals surface area (Å²) < 4.78 is 0. The summed E-state index contributed by atoms with van der Waals surface area (Å²) in [7, 11) is 0. The maximum atomic E-state index is 5.91. The summed E-state index contributed by atoms with van der Waals surface area (Å²) in [5.41, 5.74) is 8.15. The normalized spacial score (nSPS) is 17.8. The Morgan fingerprint density at radius 1 is 1.15 bits per heavy atom. The molecule has 1 aromatic carbocycles. The first-order chi connectivity index (χ1) is 9.74. The van der Waals surface area contributed by atoms with E-state index in [1.165, 1.54) is 44.3 Å². The van der Waals surface area contributed by atoms with Crippen LogP contribution < -0.4 is 11.1 Å². The molecule has 1 aromatic rings. The van der Waals surface area contributed by atoms with Crippen LogP contribution in [0, 0.1) is 6.92 Å². The lowest BCUT2D eigenvalue weighted by Crippen LogP contribution is -2.29. The summed E-state index contributed by atoms with van der Waals surface area (Å²) in [5, 5.41) is 3.13. The molecule has 20 heavy (non-hydrogen) atoms. The van der Waals surface area contributed by atoms with Crippen molar-refractivity contribution in [2.24, 2.45) is 10.7 Å². The Balaban J connectivity index is 1.74. The van der Waals surface area contributed by atoms with E-state index >= 15 is 0 Å². The van der Waals surface area contributed by atoms with Crippen molar-refractivity contribution < 1.29 is 0 Å². The fourth-order valence-corrected chi connectivity index (χ4v) is 2.50. The van der Waals surface area contributed by atoms with Crippen molar-refractivity contribution in [2.45, 2.75) is 32.6 Å². The molecule has 3 N–H and O–H groups in total. The van der Waals surface area contributed by atoms with Gasteiger partial charge in [0.1, 0.15) is 0 Å². The molecule has 0 spiro atoms. The third-order valence-electron chi connectivity index (χ3n) is 3.72. The van der Waals surface area contributed by atoms with Gasteiger partial charge in [0.15, 0.2) is 5.96 Å². The Kier molecular flexibility index (Phi) is 5.87. The van der Waals surface area contributed by atoms with E-state index in [0.717, 1.165) is 18.8 Å². The largest absolute Gasteiger partial charge is 0.370 e. The summed E-state index contributed by atoms with van der Waals surface area (Å²) >= 11 is 0. The van der Waals surface area contributed by atoms with Crippen molar-refractivity contribution in [2.75, 3.05) is 31.5 Å². The average Bonchev–Trinajstić information content (AvgIpc) is 2.70. The van der Waals surface area contributed by atoms with Gasteiger partial charge in [-0.3, -0.25) is 4.99 Å². The molecule has 1 fully saturated rings. The van der Waals surface area contributed by atoms with Crippen molar-refractivity contribution in [3.8, 4) is 0 Å². The number of likely N-dealkylation sites (tertiary alicyclic amines) is 1. The minimum atomic E-state index is 0.503. The number of nitrogens with one attached hydrogen (secondary N) is 1. The van der Waals surface area contributed by atoms with E-state index in [9.17, 15) is 0 Å². The molecule has 0 aliphatic carbocycles. The highest BCUT2D eigenvalue weighted by molar-refractivity contribution is 5.92. The summed E-state index contributed by atoms with van der Waals surface area (Å²) in [5.74, 6) is 0.503. The number of benzene rings is 1. The van der Waals surface area contributed by atoms with Crippen LogP contribution in [0.25, 0.3) is 0 Å². The molecular formula is C16H26N4. The van der Waals surface area contributed by atoms with Crippen molar-refractivity contribution in [3.63, 3.8) is 0 Å². The number of rotatable bonds is 4. The Labute approximate surface area is 122 Å². The van der Waals surface area contributed by atoms with Gasteiger partial charge in [0.25, 0.3) is 0 Å². The summed E-state index contributed by atoms with van der Waals surface area (Å²) in [6.07, 6.45) is 5.38. The second kappa shape index (κ2) is 7.90. The summed E-state index contributed by atoms with van der Waals surface area (Å²) in [6, 6.07) is 8.17. The minimum absolute atomic E-state index is 0.503. The molecule has 1 saturated heterocycles. The van der Waals surface area contributed by atoms with Crippen LogP contribution in [0.4, 0.5) is 5.69 Å². The lowest BCUT2D eigenvalue weighted by molar-refractivity contribution is 0.293. The Morgan fingerprint density at radius 3 is 2.45 bits per heavy atom. The maximum absolute atomic E-state index is 5.91. The van der Waals surface area contributed by atoms with Gasteiger partial charge in [-0.1, -0.05) is 30.5 Å². The van der Waals surface area contributed by atoms with Crippen LogP contribution in [0.5, 0.6) is 0 Å². The van der Waals surface area contributed by atoms with Gasteiger partial charge in [0, 0.05) is 12.2 Å². The fourth-order valence-electron chi connectivity index (χ4n) is 2.50. The van der Waals surface area contributed by atoms with E-state index in [2.05, 4.69) is 34.3 Å². The summed E-state index contributed by atoms with van der Waals surface area (Å²) in [6.45, 7) is 6.27. The number of aliphatic imine (C=N–C) groups is 1. The molecule has 1 aliphatic heterocycles. The van der Waals surface area contributed by atoms with Gasteiger partial charge in [0.05, 0.1) is 6.54 Å². The molecule has 0 saturated carbocycles. The van der Waals surface area contributed by atoms with Crippen molar-refractivity contribution in [3.05, 3.63) is 29.8 Å². The quantitative estimate of drug-likeness (QED) is 0.655. The predicted molar refractivity (Wildman–Crippen MR) is 86.2 cm³/mol. The number of anilines is 1. The Bertz CT molecular complexity index is 417. The molecule has 4 nitrogen and oxygen atoms in total. The molecule has 0 bridgehead atoms. The number of aryl methyl sites for hydroxylation is 1. The highest BCUT2D eigenvalue weighted by Crippen LogP contribution is 2.09. The van der Waals surface area contributed by atoms with Crippen LogP contribution in [0.1, 0.15) is 31.2 Å². The third kappa shape index (κ3) is 5.21. The van der Waals surface area contributed by atoms with Crippen LogP contribution in [0.2, 0.25) is 0 Å². The zero-order valence-corrected chi connectivity index (χ0v) is 12.4. The smallest absolute Gasteiger partial charge is 0.193 e. The van der Waals surface area contributed by atoms with Crippen molar-refractivity contribution in [1.82, 2.24) is 4.90 Å². The molecule has 0 amide bonds.